The lowest BCUT2D eigenvalue weighted by Gasteiger charge is -2.26. The van der Waals surface area contributed by atoms with Crippen molar-refractivity contribution in [2.24, 2.45) is 5.10 Å². The predicted octanol–water partition coefficient (Wildman–Crippen LogP) is 3.42. The number of benzene rings is 2. The van der Waals surface area contributed by atoms with Crippen molar-refractivity contribution in [2.45, 2.75) is 0 Å². The van der Waals surface area contributed by atoms with E-state index in [1.165, 1.54) is 41.6 Å². The number of amidine groups is 1. The first kappa shape index (κ1) is 18.7. The molecular weight excluding hydrogens is 388 g/mol. The summed E-state index contributed by atoms with van der Waals surface area (Å²) in [7, 11) is 1.54. The molecule has 1 aromatic heterocycles. The molecular formula is C19H14F4N6. The molecule has 0 fully saturated rings. The predicted molar refractivity (Wildman–Crippen MR) is 100 cm³/mol. The number of anilines is 2. The highest BCUT2D eigenvalue weighted by molar-refractivity contribution is 6.13. The van der Waals surface area contributed by atoms with Crippen LogP contribution in [0.5, 0.6) is 0 Å². The van der Waals surface area contributed by atoms with Gasteiger partial charge in [0.15, 0.2) is 17.5 Å². The van der Waals surface area contributed by atoms with E-state index in [1.54, 1.807) is 0 Å². The van der Waals surface area contributed by atoms with E-state index in [0.29, 0.717) is 5.56 Å². The fourth-order valence-corrected chi connectivity index (χ4v) is 2.99. The van der Waals surface area contributed by atoms with Gasteiger partial charge < -0.3 is 5.73 Å². The fraction of sp³-hybridized carbons (Fsp3) is 0.0526. The number of hydrazine groups is 2. The Morgan fingerprint density at radius 1 is 0.966 bits per heavy atom. The highest BCUT2D eigenvalue weighted by atomic mass is 19.2. The summed E-state index contributed by atoms with van der Waals surface area (Å²) >= 11 is 0. The van der Waals surface area contributed by atoms with Crippen LogP contribution >= 0.6 is 0 Å². The minimum absolute atomic E-state index is 0.0447. The summed E-state index contributed by atoms with van der Waals surface area (Å²) in [5.74, 6) is -3.44. The second-order valence-electron chi connectivity index (χ2n) is 6.26. The van der Waals surface area contributed by atoms with E-state index in [4.69, 9.17) is 5.73 Å². The van der Waals surface area contributed by atoms with Gasteiger partial charge in [0.25, 0.3) is 0 Å². The molecule has 2 aromatic carbocycles. The zero-order valence-electron chi connectivity index (χ0n) is 15.0. The molecule has 6 nitrogen and oxygen atoms in total. The number of aromatic nitrogens is 1. The van der Waals surface area contributed by atoms with E-state index in [1.807, 2.05) is 0 Å². The number of nitrogens with zero attached hydrogens (tertiary/aromatic N) is 4. The second kappa shape index (κ2) is 7.06. The Morgan fingerprint density at radius 3 is 2.41 bits per heavy atom. The van der Waals surface area contributed by atoms with E-state index < -0.39 is 23.3 Å². The van der Waals surface area contributed by atoms with Gasteiger partial charge in [0.05, 0.1) is 5.56 Å². The summed E-state index contributed by atoms with van der Waals surface area (Å²) in [5, 5.41) is 6.69. The first-order valence-corrected chi connectivity index (χ1v) is 8.38. The number of hydrogen-bond donors (Lipinski definition) is 2. The molecule has 0 bridgehead atoms. The van der Waals surface area contributed by atoms with Crippen molar-refractivity contribution in [1.29, 1.82) is 0 Å². The Morgan fingerprint density at radius 2 is 1.69 bits per heavy atom. The average Bonchev–Trinajstić information content (AvgIpc) is 3.05. The van der Waals surface area contributed by atoms with Crippen molar-refractivity contribution in [3.05, 3.63) is 77.5 Å². The summed E-state index contributed by atoms with van der Waals surface area (Å²) in [6.07, 6.45) is 1.35. The van der Waals surface area contributed by atoms with Gasteiger partial charge in [-0.2, -0.15) is 0 Å². The number of pyridine rings is 1. The average molecular weight is 402 g/mol. The fourth-order valence-electron chi connectivity index (χ4n) is 2.99. The van der Waals surface area contributed by atoms with Crippen molar-refractivity contribution in [1.82, 2.24) is 15.6 Å². The Kier molecular flexibility index (Phi) is 4.55. The maximum Gasteiger partial charge on any atom is 0.184 e. The molecule has 1 aliphatic heterocycles. The van der Waals surface area contributed by atoms with Crippen molar-refractivity contribution in [2.75, 3.05) is 17.8 Å². The number of hydrogen-bond acceptors (Lipinski definition) is 6. The van der Waals surface area contributed by atoms with Crippen LogP contribution in [0.3, 0.4) is 0 Å². The smallest absolute Gasteiger partial charge is 0.184 e. The van der Waals surface area contributed by atoms with Gasteiger partial charge in [-0.05, 0) is 35.9 Å². The Hall–Kier alpha value is -3.66. The Balaban J connectivity index is 1.82. The van der Waals surface area contributed by atoms with Crippen LogP contribution in [-0.2, 0) is 0 Å². The van der Waals surface area contributed by atoms with Crippen LogP contribution in [0, 0.1) is 23.3 Å². The van der Waals surface area contributed by atoms with E-state index in [2.05, 4.69) is 15.6 Å². The second-order valence-corrected chi connectivity index (χ2v) is 6.26. The van der Waals surface area contributed by atoms with Crippen molar-refractivity contribution < 1.29 is 17.6 Å². The van der Waals surface area contributed by atoms with Gasteiger partial charge in [-0.1, -0.05) is 6.07 Å². The molecule has 29 heavy (non-hydrogen) atoms. The first-order chi connectivity index (χ1) is 13.8. The molecule has 10 heteroatoms. The largest absolute Gasteiger partial charge is 0.383 e. The number of halogens is 4. The van der Waals surface area contributed by atoms with Crippen molar-refractivity contribution in [3.8, 4) is 11.1 Å². The molecule has 0 amide bonds. The van der Waals surface area contributed by atoms with E-state index in [-0.39, 0.29) is 28.5 Å². The SMILES string of the molecule is CN1NN=C(c2cc(-c3cc(F)cc(F)c3)cnc2N)N1c1cccc(F)c1F. The molecule has 3 N–H and O–H groups in total. The maximum atomic E-state index is 14.4. The van der Waals surface area contributed by atoms with Crippen molar-refractivity contribution >= 4 is 17.3 Å². The minimum atomic E-state index is -1.08. The quantitative estimate of drug-likeness (QED) is 0.657. The molecule has 0 radical (unpaired) electrons. The van der Waals surface area contributed by atoms with Gasteiger partial charge in [-0.15, -0.1) is 10.2 Å². The van der Waals surface area contributed by atoms with Gasteiger partial charge in [-0.3, -0.25) is 0 Å². The Bertz CT molecular complexity index is 1110. The van der Waals surface area contributed by atoms with Crippen LogP contribution in [0.15, 0.2) is 53.8 Å². The van der Waals surface area contributed by atoms with Gasteiger partial charge in [-0.25, -0.2) is 33.1 Å². The highest BCUT2D eigenvalue weighted by Crippen LogP contribution is 2.30. The lowest BCUT2D eigenvalue weighted by molar-refractivity contribution is 0.275. The van der Waals surface area contributed by atoms with E-state index in [0.717, 1.165) is 24.3 Å². The summed E-state index contributed by atoms with van der Waals surface area (Å²) in [4.78, 5) is 4.06. The van der Waals surface area contributed by atoms with Crippen LogP contribution in [0.25, 0.3) is 11.1 Å². The van der Waals surface area contributed by atoms with Gasteiger partial charge >= 0.3 is 0 Å². The Labute approximate surface area is 162 Å². The van der Waals surface area contributed by atoms with Gasteiger partial charge in [0, 0.05) is 24.9 Å². The van der Waals surface area contributed by atoms with Gasteiger partial charge in [0.1, 0.15) is 23.1 Å². The first-order valence-electron chi connectivity index (χ1n) is 8.38. The van der Waals surface area contributed by atoms with E-state index >= 15 is 0 Å². The van der Waals surface area contributed by atoms with Gasteiger partial charge in [0.2, 0.25) is 0 Å². The third kappa shape index (κ3) is 3.34. The molecule has 0 saturated carbocycles. The van der Waals surface area contributed by atoms with Crippen LogP contribution in [-0.4, -0.2) is 23.0 Å². The molecule has 0 saturated heterocycles. The number of nitrogen functional groups attached to an aromatic ring is 1. The van der Waals surface area contributed by atoms with Crippen LogP contribution < -0.4 is 16.3 Å². The lowest BCUT2D eigenvalue weighted by Crippen LogP contribution is -2.44. The standard InChI is InChI=1S/C19H14F4N6/c1-28-27-26-19(29(28)16-4-2-3-15(22)17(16)23)14-7-11(9-25-18(14)24)10-5-12(20)8-13(21)6-10/h2-9,27H,1H3,(H2,24,25). The summed E-state index contributed by atoms with van der Waals surface area (Å²) in [6, 6.07) is 8.27. The van der Waals surface area contributed by atoms with E-state index in [9.17, 15) is 17.6 Å². The normalized spacial score (nSPS) is 14.1. The number of nitrogens with one attached hydrogen (secondary N) is 1. The molecule has 148 valence electrons. The summed E-state index contributed by atoms with van der Waals surface area (Å²) < 4.78 is 55.3. The monoisotopic (exact) mass is 402 g/mol. The minimum Gasteiger partial charge on any atom is -0.383 e. The van der Waals surface area contributed by atoms with Crippen molar-refractivity contribution in [3.63, 3.8) is 0 Å². The summed E-state index contributed by atoms with van der Waals surface area (Å²) in [6.45, 7) is 0. The molecule has 1 aliphatic rings. The third-order valence-electron chi connectivity index (χ3n) is 4.32. The third-order valence-corrected chi connectivity index (χ3v) is 4.32. The van der Waals surface area contributed by atoms with Crippen LogP contribution in [0.1, 0.15) is 5.56 Å². The highest BCUT2D eigenvalue weighted by Gasteiger charge is 2.30. The molecule has 4 rings (SSSR count). The molecule has 0 unspecified atom stereocenters. The van der Waals surface area contributed by atoms with Crippen LogP contribution in [0.2, 0.25) is 0 Å². The number of rotatable bonds is 3. The lowest BCUT2D eigenvalue weighted by atomic mass is 10.0. The maximum absolute atomic E-state index is 14.4. The zero-order chi connectivity index (χ0) is 20.7. The molecule has 0 atom stereocenters. The topological polar surface area (TPSA) is 69.8 Å². The number of nitrogens with two attached hydrogens (primary N) is 1. The van der Waals surface area contributed by atoms with Crippen LogP contribution in [0.4, 0.5) is 29.1 Å². The molecule has 3 aromatic rings. The zero-order valence-corrected chi connectivity index (χ0v) is 15.0. The molecule has 0 aliphatic carbocycles. The molecule has 0 spiro atoms. The molecule has 2 heterocycles. The summed E-state index contributed by atoms with van der Waals surface area (Å²) in [5.41, 5.74) is 9.35. The number of hydrazone groups is 1.